The van der Waals surface area contributed by atoms with Crippen LogP contribution in [0, 0.1) is 0 Å². The van der Waals surface area contributed by atoms with Gasteiger partial charge in [0.2, 0.25) is 0 Å². The fourth-order valence-corrected chi connectivity index (χ4v) is 2.38. The van der Waals surface area contributed by atoms with Crippen molar-refractivity contribution >= 4 is 12.1 Å². The van der Waals surface area contributed by atoms with Crippen molar-refractivity contribution in [3.05, 3.63) is 71.3 Å². The molecule has 0 bridgehead atoms. The Hall–Kier alpha value is -2.82. The van der Waals surface area contributed by atoms with Gasteiger partial charge in [-0.1, -0.05) is 68.4 Å². The maximum atomic E-state index is 11.9. The van der Waals surface area contributed by atoms with Crippen LogP contribution in [0.1, 0.15) is 36.5 Å². The number of hydrogen-bond acceptors (Lipinski definition) is 3. The van der Waals surface area contributed by atoms with Gasteiger partial charge in [0.25, 0.3) is 0 Å². The quantitative estimate of drug-likeness (QED) is 0.804. The van der Waals surface area contributed by atoms with Crippen molar-refractivity contribution in [1.82, 2.24) is 5.32 Å². The van der Waals surface area contributed by atoms with Gasteiger partial charge in [0, 0.05) is 6.42 Å². The predicted octanol–water partition coefficient (Wildman–Crippen LogP) is 3.73. The number of nitrogens with one attached hydrogen (secondary N) is 1. The van der Waals surface area contributed by atoms with E-state index in [9.17, 15) is 14.7 Å². The zero-order chi connectivity index (χ0) is 18.2. The largest absolute Gasteiger partial charge is 0.480 e. The second-order valence-corrected chi connectivity index (χ2v) is 6.20. The molecule has 25 heavy (non-hydrogen) atoms. The lowest BCUT2D eigenvalue weighted by Gasteiger charge is -2.15. The number of hydrogen-bond donors (Lipinski definition) is 2. The van der Waals surface area contributed by atoms with Gasteiger partial charge >= 0.3 is 12.1 Å². The maximum absolute atomic E-state index is 11.9. The van der Waals surface area contributed by atoms with Gasteiger partial charge in [-0.25, -0.2) is 9.59 Å². The van der Waals surface area contributed by atoms with Crippen molar-refractivity contribution in [3.63, 3.8) is 0 Å². The zero-order valence-corrected chi connectivity index (χ0v) is 14.4. The third-order valence-electron chi connectivity index (χ3n) is 3.89. The van der Waals surface area contributed by atoms with E-state index in [1.165, 1.54) is 5.56 Å². The summed E-state index contributed by atoms with van der Waals surface area (Å²) in [7, 11) is 0. The van der Waals surface area contributed by atoms with Crippen LogP contribution in [0.25, 0.3) is 0 Å². The van der Waals surface area contributed by atoms with Gasteiger partial charge in [-0.05, 0) is 22.6 Å². The van der Waals surface area contributed by atoms with Crippen LogP contribution >= 0.6 is 0 Å². The van der Waals surface area contributed by atoms with Gasteiger partial charge in [-0.15, -0.1) is 0 Å². The molecule has 2 N–H and O–H groups in total. The van der Waals surface area contributed by atoms with Crippen LogP contribution in [0.15, 0.2) is 54.6 Å². The molecule has 5 nitrogen and oxygen atoms in total. The van der Waals surface area contributed by atoms with Gasteiger partial charge in [-0.3, -0.25) is 0 Å². The molecule has 2 aromatic carbocycles. The molecule has 0 saturated heterocycles. The molecule has 0 unspecified atom stereocenters. The lowest BCUT2D eigenvalue weighted by atomic mass is 9.99. The number of rotatable bonds is 7. The Kier molecular flexibility index (Phi) is 6.57. The summed E-state index contributed by atoms with van der Waals surface area (Å²) in [4.78, 5) is 23.3. The second kappa shape index (κ2) is 8.87. The van der Waals surface area contributed by atoms with E-state index >= 15 is 0 Å². The molecule has 5 heteroatoms. The first kappa shape index (κ1) is 18.5. The van der Waals surface area contributed by atoms with E-state index in [2.05, 4.69) is 19.2 Å². The fourth-order valence-electron chi connectivity index (χ4n) is 2.38. The van der Waals surface area contributed by atoms with E-state index in [1.54, 1.807) is 0 Å². The number of amides is 1. The van der Waals surface area contributed by atoms with E-state index in [0.29, 0.717) is 5.92 Å². The highest BCUT2D eigenvalue weighted by atomic mass is 16.5. The topological polar surface area (TPSA) is 75.6 Å². The minimum Gasteiger partial charge on any atom is -0.480 e. The highest BCUT2D eigenvalue weighted by molar-refractivity contribution is 5.80. The Labute approximate surface area is 147 Å². The van der Waals surface area contributed by atoms with E-state index in [1.807, 2.05) is 54.6 Å². The number of carboxylic acids is 1. The van der Waals surface area contributed by atoms with Crippen molar-refractivity contribution in [1.29, 1.82) is 0 Å². The van der Waals surface area contributed by atoms with Gasteiger partial charge < -0.3 is 15.2 Å². The summed E-state index contributed by atoms with van der Waals surface area (Å²) in [6.45, 7) is 4.29. The van der Waals surface area contributed by atoms with Crippen molar-refractivity contribution in [2.24, 2.45) is 0 Å². The number of aliphatic carboxylic acids is 1. The van der Waals surface area contributed by atoms with Crippen molar-refractivity contribution in [2.45, 2.75) is 38.8 Å². The summed E-state index contributed by atoms with van der Waals surface area (Å²) in [5.41, 5.74) is 2.87. The van der Waals surface area contributed by atoms with E-state index < -0.39 is 18.1 Å². The van der Waals surface area contributed by atoms with E-state index in [4.69, 9.17) is 4.74 Å². The molecule has 0 aromatic heterocycles. The summed E-state index contributed by atoms with van der Waals surface area (Å²) in [6.07, 6.45) is -0.538. The smallest absolute Gasteiger partial charge is 0.408 e. The molecule has 1 amide bonds. The minimum absolute atomic E-state index is 0.0993. The number of benzene rings is 2. The molecule has 0 radical (unpaired) electrons. The molecule has 0 saturated carbocycles. The van der Waals surface area contributed by atoms with Crippen LogP contribution in [-0.2, 0) is 22.6 Å². The first-order valence-corrected chi connectivity index (χ1v) is 8.24. The molecule has 0 aliphatic heterocycles. The fraction of sp³-hybridized carbons (Fsp3) is 0.300. The Morgan fingerprint density at radius 2 is 1.64 bits per heavy atom. The molecule has 0 fully saturated rings. The molecular weight excluding hydrogens is 318 g/mol. The number of carboxylic acid groups (broad SMARTS) is 1. The van der Waals surface area contributed by atoms with Gasteiger partial charge in [0.15, 0.2) is 0 Å². The highest BCUT2D eigenvalue weighted by Crippen LogP contribution is 2.15. The number of alkyl carbamates (subject to hydrolysis) is 1. The maximum Gasteiger partial charge on any atom is 0.408 e. The Morgan fingerprint density at radius 1 is 1.00 bits per heavy atom. The minimum atomic E-state index is -1.09. The first-order valence-electron chi connectivity index (χ1n) is 8.24. The lowest BCUT2D eigenvalue weighted by molar-refractivity contribution is -0.139. The Morgan fingerprint density at radius 3 is 2.20 bits per heavy atom. The van der Waals surface area contributed by atoms with Crippen molar-refractivity contribution < 1.29 is 19.4 Å². The van der Waals surface area contributed by atoms with Crippen molar-refractivity contribution in [3.8, 4) is 0 Å². The number of carbonyl (C=O) groups excluding carboxylic acids is 1. The lowest BCUT2D eigenvalue weighted by Crippen LogP contribution is -2.42. The number of ether oxygens (including phenoxy) is 1. The van der Waals surface area contributed by atoms with E-state index in [0.717, 1.165) is 11.1 Å². The van der Waals surface area contributed by atoms with Gasteiger partial charge in [0.1, 0.15) is 12.6 Å². The zero-order valence-electron chi connectivity index (χ0n) is 14.4. The summed E-state index contributed by atoms with van der Waals surface area (Å²) < 4.78 is 5.08. The molecule has 1 atom stereocenters. The standard InChI is InChI=1S/C20H23NO4/c1-14(2)17-10-8-15(9-11-17)12-18(19(22)23)21-20(24)25-13-16-6-4-3-5-7-16/h3-11,14,18H,12-13H2,1-2H3,(H,21,24)(H,22,23)/t18-/m1/s1. The third kappa shape index (κ3) is 5.95. The molecule has 0 aliphatic carbocycles. The molecule has 0 heterocycles. The first-order chi connectivity index (χ1) is 12.0. The van der Waals surface area contributed by atoms with Crippen molar-refractivity contribution in [2.75, 3.05) is 0 Å². The number of carbonyl (C=O) groups is 2. The van der Waals surface area contributed by atoms with Crippen LogP contribution < -0.4 is 5.32 Å². The van der Waals surface area contributed by atoms with Crippen LogP contribution in [0.2, 0.25) is 0 Å². The monoisotopic (exact) mass is 341 g/mol. The average molecular weight is 341 g/mol. The molecule has 0 aliphatic rings. The Balaban J connectivity index is 1.91. The van der Waals surface area contributed by atoms with Crippen LogP contribution in [0.4, 0.5) is 4.79 Å². The highest BCUT2D eigenvalue weighted by Gasteiger charge is 2.21. The third-order valence-corrected chi connectivity index (χ3v) is 3.89. The van der Waals surface area contributed by atoms with Gasteiger partial charge in [0.05, 0.1) is 0 Å². The molecule has 132 valence electrons. The van der Waals surface area contributed by atoms with E-state index in [-0.39, 0.29) is 13.0 Å². The average Bonchev–Trinajstić information content (AvgIpc) is 2.60. The normalized spacial score (nSPS) is 11.8. The molecule has 0 spiro atoms. The summed E-state index contributed by atoms with van der Waals surface area (Å²) >= 11 is 0. The molecule has 2 aromatic rings. The molecular formula is C20H23NO4. The summed E-state index contributed by atoms with van der Waals surface area (Å²) in [5, 5.41) is 11.8. The van der Waals surface area contributed by atoms with Crippen LogP contribution in [-0.4, -0.2) is 23.2 Å². The Bertz CT molecular complexity index is 695. The SMILES string of the molecule is CC(C)c1ccc(C[C@@H](NC(=O)OCc2ccccc2)C(=O)O)cc1. The van der Waals surface area contributed by atoms with Gasteiger partial charge in [-0.2, -0.15) is 0 Å². The molecule has 2 rings (SSSR count). The summed E-state index contributed by atoms with van der Waals surface area (Å²) in [5.74, 6) is -0.681. The predicted molar refractivity (Wildman–Crippen MR) is 95.4 cm³/mol. The van der Waals surface area contributed by atoms with Crippen LogP contribution in [0.3, 0.4) is 0 Å². The van der Waals surface area contributed by atoms with Crippen LogP contribution in [0.5, 0.6) is 0 Å². The summed E-state index contributed by atoms with van der Waals surface area (Å²) in [6, 6.07) is 15.9. The second-order valence-electron chi connectivity index (χ2n) is 6.20.